The average molecular weight is 304 g/mol. The molecule has 1 unspecified atom stereocenters. The Morgan fingerprint density at radius 1 is 1.19 bits per heavy atom. The van der Waals surface area contributed by atoms with Crippen molar-refractivity contribution >= 4 is 17.6 Å². The van der Waals surface area contributed by atoms with Crippen molar-refractivity contribution in [3.8, 4) is 0 Å². The van der Waals surface area contributed by atoms with Crippen molar-refractivity contribution in [2.45, 2.75) is 25.9 Å². The van der Waals surface area contributed by atoms with Crippen molar-refractivity contribution in [2.24, 2.45) is 0 Å². The lowest BCUT2D eigenvalue weighted by atomic mass is 10.1. The number of carboxylic acids is 1. The minimum Gasteiger partial charge on any atom is -0.478 e. The number of carbonyl (C=O) groups is 1. The Bertz CT molecular complexity index is 610. The molecule has 0 bridgehead atoms. The molecule has 0 fully saturated rings. The van der Waals surface area contributed by atoms with Gasteiger partial charge in [-0.2, -0.15) is 0 Å². The van der Waals surface area contributed by atoms with E-state index < -0.39 is 5.97 Å². The van der Waals surface area contributed by atoms with Crippen molar-refractivity contribution < 1.29 is 9.90 Å². The van der Waals surface area contributed by atoms with Crippen molar-refractivity contribution in [3.05, 3.63) is 70.2 Å². The van der Waals surface area contributed by atoms with Gasteiger partial charge in [0.25, 0.3) is 0 Å². The van der Waals surface area contributed by atoms with Crippen LogP contribution < -0.4 is 5.32 Å². The second kappa shape index (κ2) is 7.25. The van der Waals surface area contributed by atoms with Crippen LogP contribution in [0.3, 0.4) is 0 Å². The molecule has 2 aromatic carbocycles. The number of hydrogen-bond donors (Lipinski definition) is 2. The number of nitrogens with one attached hydrogen (secondary N) is 1. The number of carboxylic acid groups (broad SMARTS) is 1. The Morgan fingerprint density at radius 2 is 1.90 bits per heavy atom. The molecule has 0 saturated heterocycles. The molecular weight excluding hydrogens is 286 g/mol. The molecule has 0 saturated carbocycles. The maximum absolute atomic E-state index is 10.8. The maximum Gasteiger partial charge on any atom is 0.335 e. The van der Waals surface area contributed by atoms with E-state index in [2.05, 4.69) is 18.3 Å². The Morgan fingerprint density at radius 3 is 2.52 bits per heavy atom. The minimum absolute atomic E-state index is 0.308. The van der Waals surface area contributed by atoms with Crippen LogP contribution in [0.5, 0.6) is 0 Å². The summed E-state index contributed by atoms with van der Waals surface area (Å²) in [6, 6.07) is 15.1. The van der Waals surface area contributed by atoms with E-state index in [1.165, 1.54) is 5.56 Å². The predicted octanol–water partition coefficient (Wildman–Crippen LogP) is 3.76. The van der Waals surface area contributed by atoms with Crippen molar-refractivity contribution in [1.82, 2.24) is 5.32 Å². The van der Waals surface area contributed by atoms with Crippen LogP contribution in [0.4, 0.5) is 0 Å². The second-order valence-corrected chi connectivity index (χ2v) is 5.55. The van der Waals surface area contributed by atoms with Gasteiger partial charge in [0.15, 0.2) is 0 Å². The molecule has 0 radical (unpaired) electrons. The lowest BCUT2D eigenvalue weighted by molar-refractivity contribution is 0.0697. The third kappa shape index (κ3) is 4.88. The van der Waals surface area contributed by atoms with E-state index in [1.807, 2.05) is 30.3 Å². The first kappa shape index (κ1) is 15.5. The molecule has 2 N–H and O–H groups in total. The van der Waals surface area contributed by atoms with Gasteiger partial charge in [-0.3, -0.25) is 0 Å². The van der Waals surface area contributed by atoms with Gasteiger partial charge < -0.3 is 10.4 Å². The number of aromatic carboxylic acids is 1. The third-order valence-corrected chi connectivity index (χ3v) is 3.52. The van der Waals surface area contributed by atoms with Gasteiger partial charge in [0.2, 0.25) is 0 Å². The van der Waals surface area contributed by atoms with Gasteiger partial charge in [0.05, 0.1) is 5.56 Å². The van der Waals surface area contributed by atoms with E-state index in [4.69, 9.17) is 16.7 Å². The number of halogens is 1. The highest BCUT2D eigenvalue weighted by molar-refractivity contribution is 6.30. The summed E-state index contributed by atoms with van der Waals surface area (Å²) in [4.78, 5) is 10.8. The summed E-state index contributed by atoms with van der Waals surface area (Å²) in [7, 11) is 0. The Hall–Kier alpha value is -1.84. The van der Waals surface area contributed by atoms with Gasteiger partial charge in [-0.05, 0) is 48.7 Å². The fourth-order valence-electron chi connectivity index (χ4n) is 2.15. The van der Waals surface area contributed by atoms with Crippen LogP contribution in [0.25, 0.3) is 0 Å². The fourth-order valence-corrected chi connectivity index (χ4v) is 2.36. The van der Waals surface area contributed by atoms with Crippen LogP contribution in [0.2, 0.25) is 5.02 Å². The molecule has 2 rings (SSSR count). The summed E-state index contributed by atoms with van der Waals surface area (Å²) < 4.78 is 0. The van der Waals surface area contributed by atoms with E-state index in [0.717, 1.165) is 17.0 Å². The number of hydrogen-bond acceptors (Lipinski definition) is 2. The first-order chi connectivity index (χ1) is 10.0. The molecule has 4 heteroatoms. The SMILES string of the molecule is CC(Cc1cccc(Cl)c1)NCc1ccc(C(=O)O)cc1. The van der Waals surface area contributed by atoms with Gasteiger partial charge in [-0.25, -0.2) is 4.79 Å². The molecule has 3 nitrogen and oxygen atoms in total. The Balaban J connectivity index is 1.86. The zero-order chi connectivity index (χ0) is 15.2. The molecule has 0 aliphatic carbocycles. The molecule has 0 spiro atoms. The van der Waals surface area contributed by atoms with Gasteiger partial charge in [0.1, 0.15) is 0 Å². The van der Waals surface area contributed by atoms with E-state index >= 15 is 0 Å². The normalized spacial score (nSPS) is 12.1. The van der Waals surface area contributed by atoms with E-state index in [-0.39, 0.29) is 0 Å². The molecule has 110 valence electrons. The lowest BCUT2D eigenvalue weighted by Crippen LogP contribution is -2.27. The molecule has 0 amide bonds. The molecular formula is C17H18ClNO2. The molecule has 0 aromatic heterocycles. The summed E-state index contributed by atoms with van der Waals surface area (Å²) in [5, 5.41) is 13.0. The predicted molar refractivity (Wildman–Crippen MR) is 84.9 cm³/mol. The summed E-state index contributed by atoms with van der Waals surface area (Å²) >= 11 is 5.97. The summed E-state index contributed by atoms with van der Waals surface area (Å²) in [5.41, 5.74) is 2.58. The van der Waals surface area contributed by atoms with E-state index in [0.29, 0.717) is 18.2 Å². The van der Waals surface area contributed by atoms with Crippen LogP contribution in [-0.2, 0) is 13.0 Å². The minimum atomic E-state index is -0.899. The molecule has 0 aliphatic heterocycles. The standard InChI is InChI=1S/C17H18ClNO2/c1-12(9-14-3-2-4-16(18)10-14)19-11-13-5-7-15(8-6-13)17(20)21/h2-8,10,12,19H,9,11H2,1H3,(H,20,21). The molecule has 0 heterocycles. The van der Waals surface area contributed by atoms with E-state index in [1.54, 1.807) is 12.1 Å². The van der Waals surface area contributed by atoms with Crippen molar-refractivity contribution in [1.29, 1.82) is 0 Å². The first-order valence-electron chi connectivity index (χ1n) is 6.84. The van der Waals surface area contributed by atoms with Crippen LogP contribution in [-0.4, -0.2) is 17.1 Å². The van der Waals surface area contributed by atoms with Crippen LogP contribution in [0.1, 0.15) is 28.4 Å². The van der Waals surface area contributed by atoms with Gasteiger partial charge in [0, 0.05) is 17.6 Å². The zero-order valence-corrected chi connectivity index (χ0v) is 12.6. The quantitative estimate of drug-likeness (QED) is 0.854. The Kier molecular flexibility index (Phi) is 5.37. The first-order valence-corrected chi connectivity index (χ1v) is 7.22. The molecule has 0 aliphatic rings. The highest BCUT2D eigenvalue weighted by Gasteiger charge is 2.05. The lowest BCUT2D eigenvalue weighted by Gasteiger charge is -2.14. The van der Waals surface area contributed by atoms with Gasteiger partial charge >= 0.3 is 5.97 Å². The summed E-state index contributed by atoms with van der Waals surface area (Å²) in [5.74, 6) is -0.899. The summed E-state index contributed by atoms with van der Waals surface area (Å²) in [6.45, 7) is 2.83. The summed E-state index contributed by atoms with van der Waals surface area (Å²) in [6.07, 6.45) is 0.897. The third-order valence-electron chi connectivity index (χ3n) is 3.29. The molecule has 2 aromatic rings. The average Bonchev–Trinajstić information content (AvgIpc) is 2.45. The number of benzene rings is 2. The molecule has 21 heavy (non-hydrogen) atoms. The number of rotatable bonds is 6. The van der Waals surface area contributed by atoms with Crippen molar-refractivity contribution in [2.75, 3.05) is 0 Å². The topological polar surface area (TPSA) is 49.3 Å². The smallest absolute Gasteiger partial charge is 0.335 e. The van der Waals surface area contributed by atoms with Gasteiger partial charge in [-0.15, -0.1) is 0 Å². The highest BCUT2D eigenvalue weighted by Crippen LogP contribution is 2.12. The fraction of sp³-hybridized carbons (Fsp3) is 0.235. The second-order valence-electron chi connectivity index (χ2n) is 5.12. The largest absolute Gasteiger partial charge is 0.478 e. The Labute approximate surface area is 129 Å². The van der Waals surface area contributed by atoms with Gasteiger partial charge in [-0.1, -0.05) is 35.9 Å². The van der Waals surface area contributed by atoms with Crippen LogP contribution in [0, 0.1) is 0 Å². The van der Waals surface area contributed by atoms with Crippen LogP contribution >= 0.6 is 11.6 Å². The van der Waals surface area contributed by atoms with E-state index in [9.17, 15) is 4.79 Å². The highest BCUT2D eigenvalue weighted by atomic mass is 35.5. The molecule has 1 atom stereocenters. The van der Waals surface area contributed by atoms with Crippen molar-refractivity contribution in [3.63, 3.8) is 0 Å². The maximum atomic E-state index is 10.8. The monoisotopic (exact) mass is 303 g/mol. The zero-order valence-electron chi connectivity index (χ0n) is 11.8. The van der Waals surface area contributed by atoms with Crippen LogP contribution in [0.15, 0.2) is 48.5 Å².